The molecule has 70 valence electrons. The van der Waals surface area contributed by atoms with Crippen LogP contribution in [-0.2, 0) is 10.8 Å². The summed E-state index contributed by atoms with van der Waals surface area (Å²) in [5.41, 5.74) is 0.898. The van der Waals surface area contributed by atoms with Crippen molar-refractivity contribution in [1.29, 1.82) is 0 Å². The third-order valence-electron chi connectivity index (χ3n) is 2.17. The zero-order valence-electron chi connectivity index (χ0n) is 7.14. The second-order valence-corrected chi connectivity index (χ2v) is 4.46. The maximum Gasteiger partial charge on any atom is 0.115 e. The Bertz CT molecular complexity index is 340. The van der Waals surface area contributed by atoms with Gasteiger partial charge < -0.3 is 10.0 Å². The summed E-state index contributed by atoms with van der Waals surface area (Å²) in [6, 6.07) is 7.51. The van der Waals surface area contributed by atoms with Crippen LogP contribution in [0.1, 0.15) is 0 Å². The van der Waals surface area contributed by atoms with Gasteiger partial charge in [-0.1, -0.05) is 12.1 Å². The molecule has 0 spiro atoms. The molecule has 1 unspecified atom stereocenters. The average Bonchev–Trinajstić information content (AvgIpc) is 2.19. The Kier molecular flexibility index (Phi) is 2.33. The van der Waals surface area contributed by atoms with Crippen molar-refractivity contribution in [2.75, 3.05) is 23.9 Å². The van der Waals surface area contributed by atoms with Crippen LogP contribution in [0.15, 0.2) is 29.2 Å². The molecule has 13 heavy (non-hydrogen) atoms. The minimum absolute atomic E-state index is 0.00574. The molecule has 1 N–H and O–H groups in total. The third kappa shape index (κ3) is 1.47. The van der Waals surface area contributed by atoms with Gasteiger partial charge in [-0.25, -0.2) is 0 Å². The Balaban J connectivity index is 2.47. The normalized spacial score (nSPS) is 21.3. The van der Waals surface area contributed by atoms with Crippen molar-refractivity contribution in [2.24, 2.45) is 0 Å². The Labute approximate surface area is 79.4 Å². The molecule has 1 aromatic rings. The van der Waals surface area contributed by atoms with E-state index in [1.54, 1.807) is 0 Å². The molecule has 0 aromatic heterocycles. The Morgan fingerprint density at radius 1 is 1.46 bits per heavy atom. The van der Waals surface area contributed by atoms with Crippen LogP contribution in [0.4, 0.5) is 5.69 Å². The molecular weight excluding hydrogens is 186 g/mol. The fourth-order valence-corrected chi connectivity index (χ4v) is 2.75. The van der Waals surface area contributed by atoms with E-state index in [0.717, 1.165) is 10.6 Å². The number of aliphatic hydroxyl groups excluding tert-OH is 1. The van der Waals surface area contributed by atoms with E-state index in [1.165, 1.54) is 0 Å². The summed E-state index contributed by atoms with van der Waals surface area (Å²) in [6.07, 6.45) is 0. The van der Waals surface area contributed by atoms with E-state index in [4.69, 9.17) is 5.11 Å². The van der Waals surface area contributed by atoms with Crippen LogP contribution in [0.5, 0.6) is 0 Å². The Hall–Kier alpha value is -0.870. The van der Waals surface area contributed by atoms with Crippen molar-refractivity contribution in [1.82, 2.24) is 0 Å². The molecule has 0 radical (unpaired) electrons. The quantitative estimate of drug-likeness (QED) is 0.715. The molecule has 1 atom stereocenters. The maximum absolute atomic E-state index is 11.5. The summed E-state index contributed by atoms with van der Waals surface area (Å²) in [4.78, 5) is 2.67. The molecular formula is C9H11NO2S. The molecule has 0 aliphatic carbocycles. The van der Waals surface area contributed by atoms with Crippen LogP contribution in [0, 0.1) is 0 Å². The first kappa shape index (κ1) is 8.72. The zero-order valence-corrected chi connectivity index (χ0v) is 7.96. The molecule has 0 saturated carbocycles. The largest absolute Gasteiger partial charge is 0.376 e. The van der Waals surface area contributed by atoms with E-state index in [0.29, 0.717) is 12.3 Å². The predicted molar refractivity (Wildman–Crippen MR) is 52.1 cm³/mol. The van der Waals surface area contributed by atoms with E-state index < -0.39 is 10.8 Å². The Morgan fingerprint density at radius 2 is 2.23 bits per heavy atom. The molecule has 0 amide bonds. The molecule has 4 heteroatoms. The van der Waals surface area contributed by atoms with Gasteiger partial charge in [-0.3, -0.25) is 4.21 Å². The molecule has 1 heterocycles. The van der Waals surface area contributed by atoms with Crippen molar-refractivity contribution >= 4 is 16.5 Å². The molecule has 3 nitrogen and oxygen atoms in total. The van der Waals surface area contributed by atoms with Crippen LogP contribution >= 0.6 is 0 Å². The zero-order chi connectivity index (χ0) is 9.26. The lowest BCUT2D eigenvalue weighted by Gasteiger charge is -2.28. The van der Waals surface area contributed by atoms with Crippen LogP contribution in [0.2, 0.25) is 0 Å². The van der Waals surface area contributed by atoms with Gasteiger partial charge in [-0.15, -0.1) is 0 Å². The molecule has 1 aliphatic rings. The lowest BCUT2D eigenvalue weighted by molar-refractivity contribution is 0.292. The van der Waals surface area contributed by atoms with Crippen molar-refractivity contribution < 1.29 is 9.32 Å². The van der Waals surface area contributed by atoms with Gasteiger partial charge in [-0.05, 0) is 12.1 Å². The Morgan fingerprint density at radius 3 is 3.00 bits per heavy atom. The number of rotatable bonds is 1. The number of para-hydroxylation sites is 1. The molecule has 1 aromatic carbocycles. The van der Waals surface area contributed by atoms with Gasteiger partial charge in [0.25, 0.3) is 0 Å². The summed E-state index contributed by atoms with van der Waals surface area (Å²) in [5, 5.41) is 9.05. The number of benzene rings is 1. The fraction of sp³-hybridized carbons (Fsp3) is 0.333. The average molecular weight is 197 g/mol. The van der Waals surface area contributed by atoms with Crippen molar-refractivity contribution in [3.8, 4) is 0 Å². The van der Waals surface area contributed by atoms with Crippen molar-refractivity contribution in [3.05, 3.63) is 24.3 Å². The number of hydrogen-bond acceptors (Lipinski definition) is 3. The maximum atomic E-state index is 11.5. The van der Waals surface area contributed by atoms with Crippen LogP contribution < -0.4 is 4.90 Å². The molecule has 0 saturated heterocycles. The lowest BCUT2D eigenvalue weighted by Crippen LogP contribution is -2.33. The van der Waals surface area contributed by atoms with E-state index >= 15 is 0 Å². The minimum Gasteiger partial charge on any atom is -0.376 e. The first-order chi connectivity index (χ1) is 6.33. The smallest absolute Gasteiger partial charge is 0.115 e. The molecule has 2 rings (SSSR count). The molecule has 0 fully saturated rings. The number of aliphatic hydroxyl groups is 1. The third-order valence-corrected chi connectivity index (χ3v) is 3.56. The minimum atomic E-state index is -0.890. The number of hydrogen-bond donors (Lipinski definition) is 1. The van der Waals surface area contributed by atoms with E-state index in [2.05, 4.69) is 0 Å². The number of anilines is 1. The van der Waals surface area contributed by atoms with Gasteiger partial charge in [0.2, 0.25) is 0 Å². The van der Waals surface area contributed by atoms with Crippen molar-refractivity contribution in [3.63, 3.8) is 0 Å². The highest BCUT2D eigenvalue weighted by atomic mass is 32.2. The van der Waals surface area contributed by atoms with Gasteiger partial charge >= 0.3 is 0 Å². The topological polar surface area (TPSA) is 40.5 Å². The second kappa shape index (κ2) is 3.47. The molecule has 1 aliphatic heterocycles. The van der Waals surface area contributed by atoms with Gasteiger partial charge in [0, 0.05) is 12.3 Å². The second-order valence-electron chi connectivity index (χ2n) is 2.92. The summed E-state index contributed by atoms with van der Waals surface area (Å²) < 4.78 is 11.5. The first-order valence-electron chi connectivity index (χ1n) is 4.16. The van der Waals surface area contributed by atoms with Crippen molar-refractivity contribution in [2.45, 2.75) is 4.90 Å². The van der Waals surface area contributed by atoms with Gasteiger partial charge in [0.1, 0.15) is 6.73 Å². The van der Waals surface area contributed by atoms with Crippen LogP contribution in [0.25, 0.3) is 0 Å². The summed E-state index contributed by atoms with van der Waals surface area (Å²) >= 11 is 0. The van der Waals surface area contributed by atoms with Crippen LogP contribution in [-0.4, -0.2) is 28.3 Å². The first-order valence-corrected chi connectivity index (χ1v) is 5.48. The van der Waals surface area contributed by atoms with Gasteiger partial charge in [0.05, 0.1) is 21.4 Å². The predicted octanol–water partition coefficient (Wildman–Crippen LogP) is 0.564. The number of fused-ring (bicyclic) bond motifs is 1. The summed E-state index contributed by atoms with van der Waals surface area (Å²) in [5.74, 6) is 0.609. The number of nitrogens with zero attached hydrogens (tertiary/aromatic N) is 1. The van der Waals surface area contributed by atoms with Gasteiger partial charge in [-0.2, -0.15) is 0 Å². The SMILES string of the molecule is O=S1CCN(CO)c2ccccc21. The van der Waals surface area contributed by atoms with Crippen LogP contribution in [0.3, 0.4) is 0 Å². The lowest BCUT2D eigenvalue weighted by atomic mass is 10.3. The highest BCUT2D eigenvalue weighted by molar-refractivity contribution is 7.85. The highest BCUT2D eigenvalue weighted by Gasteiger charge is 2.20. The summed E-state index contributed by atoms with van der Waals surface area (Å²) in [6.45, 7) is 0.661. The highest BCUT2D eigenvalue weighted by Crippen LogP contribution is 2.26. The summed E-state index contributed by atoms with van der Waals surface area (Å²) in [7, 11) is -0.890. The molecule has 0 bridgehead atoms. The monoisotopic (exact) mass is 197 g/mol. The van der Waals surface area contributed by atoms with E-state index in [1.807, 2.05) is 29.2 Å². The van der Waals surface area contributed by atoms with E-state index in [9.17, 15) is 4.21 Å². The standard InChI is InChI=1S/C9H11NO2S/c11-7-10-5-6-13(12)9-4-2-1-3-8(9)10/h1-4,11H,5-7H2. The fourth-order valence-electron chi connectivity index (χ4n) is 1.48. The van der Waals surface area contributed by atoms with Gasteiger partial charge in [0.15, 0.2) is 0 Å². The van der Waals surface area contributed by atoms with E-state index in [-0.39, 0.29) is 6.73 Å².